The molecule has 6 heteroatoms. The van der Waals surface area contributed by atoms with Gasteiger partial charge in [-0.1, -0.05) is 24.3 Å². The zero-order chi connectivity index (χ0) is 18.5. The topological polar surface area (TPSA) is 69.6 Å². The van der Waals surface area contributed by atoms with Crippen LogP contribution in [0.4, 0.5) is 5.69 Å². The lowest BCUT2D eigenvalue weighted by Gasteiger charge is -2.29. The van der Waals surface area contributed by atoms with Crippen LogP contribution < -0.4 is 5.32 Å². The van der Waals surface area contributed by atoms with E-state index in [1.807, 2.05) is 30.3 Å². The van der Waals surface area contributed by atoms with Gasteiger partial charge in [0.25, 0.3) is 5.91 Å². The van der Waals surface area contributed by atoms with Gasteiger partial charge in [-0.25, -0.2) is 0 Å². The van der Waals surface area contributed by atoms with Crippen LogP contribution in [0.3, 0.4) is 0 Å². The van der Waals surface area contributed by atoms with Crippen molar-refractivity contribution in [2.45, 2.75) is 25.4 Å². The van der Waals surface area contributed by atoms with E-state index >= 15 is 0 Å². The first-order valence-electron chi connectivity index (χ1n) is 8.63. The first-order chi connectivity index (χ1) is 12.5. The SMILES string of the molecule is O=C(Nc1ccc(CC(=O)N2CCC(O)CC2)cc1)c1ccccc1Br. The molecular formula is C20H21BrN2O3. The Morgan fingerprint density at radius 2 is 1.73 bits per heavy atom. The Morgan fingerprint density at radius 1 is 1.08 bits per heavy atom. The minimum absolute atomic E-state index is 0.0712. The number of hydrogen-bond acceptors (Lipinski definition) is 3. The van der Waals surface area contributed by atoms with Crippen LogP contribution in [0.2, 0.25) is 0 Å². The average molecular weight is 417 g/mol. The molecular weight excluding hydrogens is 396 g/mol. The number of nitrogens with one attached hydrogen (secondary N) is 1. The molecule has 2 N–H and O–H groups in total. The molecule has 0 radical (unpaired) electrons. The van der Waals surface area contributed by atoms with Gasteiger partial charge in [0, 0.05) is 23.2 Å². The zero-order valence-electron chi connectivity index (χ0n) is 14.3. The Kier molecular flexibility index (Phi) is 6.06. The molecule has 0 aromatic heterocycles. The molecule has 1 heterocycles. The van der Waals surface area contributed by atoms with Crippen molar-refractivity contribution < 1.29 is 14.7 Å². The van der Waals surface area contributed by atoms with E-state index in [4.69, 9.17) is 0 Å². The summed E-state index contributed by atoms with van der Waals surface area (Å²) >= 11 is 3.37. The first-order valence-corrected chi connectivity index (χ1v) is 9.43. The highest BCUT2D eigenvalue weighted by Gasteiger charge is 2.21. The van der Waals surface area contributed by atoms with Crippen LogP contribution in [0.1, 0.15) is 28.8 Å². The van der Waals surface area contributed by atoms with Gasteiger partial charge >= 0.3 is 0 Å². The van der Waals surface area contributed by atoms with Crippen LogP contribution in [-0.4, -0.2) is 41.0 Å². The fraction of sp³-hybridized carbons (Fsp3) is 0.300. The lowest BCUT2D eigenvalue weighted by atomic mass is 10.1. The van der Waals surface area contributed by atoms with Gasteiger partial charge in [0.1, 0.15) is 0 Å². The molecule has 2 amide bonds. The van der Waals surface area contributed by atoms with Crippen LogP contribution >= 0.6 is 15.9 Å². The molecule has 2 aromatic carbocycles. The quantitative estimate of drug-likeness (QED) is 0.803. The summed E-state index contributed by atoms with van der Waals surface area (Å²) in [4.78, 5) is 26.4. The number of rotatable bonds is 4. The highest BCUT2D eigenvalue weighted by molar-refractivity contribution is 9.10. The number of anilines is 1. The third kappa shape index (κ3) is 4.71. The van der Waals surface area contributed by atoms with Crippen molar-refractivity contribution in [2.75, 3.05) is 18.4 Å². The molecule has 0 bridgehead atoms. The molecule has 0 atom stereocenters. The highest BCUT2D eigenvalue weighted by Crippen LogP contribution is 2.19. The summed E-state index contributed by atoms with van der Waals surface area (Å²) in [6.45, 7) is 1.22. The molecule has 0 unspecified atom stereocenters. The number of benzene rings is 2. The summed E-state index contributed by atoms with van der Waals surface area (Å²) < 4.78 is 0.742. The van der Waals surface area contributed by atoms with Crippen LogP contribution in [0.25, 0.3) is 0 Å². The van der Waals surface area contributed by atoms with Gasteiger partial charge in [-0.3, -0.25) is 9.59 Å². The average Bonchev–Trinajstić information content (AvgIpc) is 2.64. The van der Waals surface area contributed by atoms with E-state index in [0.29, 0.717) is 43.6 Å². The lowest BCUT2D eigenvalue weighted by Crippen LogP contribution is -2.40. The van der Waals surface area contributed by atoms with E-state index in [1.54, 1.807) is 23.1 Å². The Hall–Kier alpha value is -2.18. The fourth-order valence-corrected chi connectivity index (χ4v) is 3.42. The largest absolute Gasteiger partial charge is 0.393 e. The maximum atomic E-state index is 12.3. The molecule has 5 nitrogen and oxygen atoms in total. The van der Waals surface area contributed by atoms with Crippen LogP contribution in [-0.2, 0) is 11.2 Å². The van der Waals surface area contributed by atoms with E-state index in [0.717, 1.165) is 10.0 Å². The Morgan fingerprint density at radius 3 is 2.38 bits per heavy atom. The molecule has 136 valence electrons. The maximum Gasteiger partial charge on any atom is 0.256 e. The summed E-state index contributed by atoms with van der Waals surface area (Å²) in [6.07, 6.45) is 1.33. The minimum Gasteiger partial charge on any atom is -0.393 e. The van der Waals surface area contributed by atoms with Crippen molar-refractivity contribution in [3.63, 3.8) is 0 Å². The van der Waals surface area contributed by atoms with Gasteiger partial charge in [-0.15, -0.1) is 0 Å². The van der Waals surface area contributed by atoms with E-state index in [9.17, 15) is 14.7 Å². The van der Waals surface area contributed by atoms with Crippen molar-refractivity contribution in [3.05, 3.63) is 64.1 Å². The second kappa shape index (κ2) is 8.47. The second-order valence-corrected chi connectivity index (χ2v) is 7.27. The summed E-state index contributed by atoms with van der Waals surface area (Å²) in [5, 5.41) is 12.4. The normalized spacial score (nSPS) is 14.9. The van der Waals surface area contributed by atoms with Gasteiger partial charge in [0.2, 0.25) is 5.91 Å². The lowest BCUT2D eigenvalue weighted by molar-refractivity contribution is -0.132. The third-order valence-electron chi connectivity index (χ3n) is 4.50. The number of nitrogens with zero attached hydrogens (tertiary/aromatic N) is 1. The number of piperidine rings is 1. The van der Waals surface area contributed by atoms with E-state index in [1.165, 1.54) is 0 Å². The van der Waals surface area contributed by atoms with Crippen LogP contribution in [0.5, 0.6) is 0 Å². The number of hydrogen-bond donors (Lipinski definition) is 2. The number of carbonyl (C=O) groups is 2. The van der Waals surface area contributed by atoms with Gasteiger partial charge in [-0.2, -0.15) is 0 Å². The van der Waals surface area contributed by atoms with E-state index in [2.05, 4.69) is 21.2 Å². The Bertz CT molecular complexity index is 784. The molecule has 3 rings (SSSR count). The number of halogens is 1. The smallest absolute Gasteiger partial charge is 0.256 e. The number of aliphatic hydroxyl groups excluding tert-OH is 1. The van der Waals surface area contributed by atoms with Crippen molar-refractivity contribution in [1.29, 1.82) is 0 Å². The highest BCUT2D eigenvalue weighted by atomic mass is 79.9. The van der Waals surface area contributed by atoms with Crippen molar-refractivity contribution in [1.82, 2.24) is 4.90 Å². The van der Waals surface area contributed by atoms with Crippen molar-refractivity contribution in [2.24, 2.45) is 0 Å². The molecule has 1 aliphatic heterocycles. The zero-order valence-corrected chi connectivity index (χ0v) is 15.9. The molecule has 1 aliphatic rings. The molecule has 26 heavy (non-hydrogen) atoms. The maximum absolute atomic E-state index is 12.3. The molecule has 2 aromatic rings. The molecule has 1 saturated heterocycles. The number of likely N-dealkylation sites (tertiary alicyclic amines) is 1. The molecule has 1 fully saturated rings. The van der Waals surface area contributed by atoms with Crippen LogP contribution in [0.15, 0.2) is 53.0 Å². The molecule has 0 saturated carbocycles. The number of aliphatic hydroxyl groups is 1. The Labute approximate surface area is 161 Å². The monoisotopic (exact) mass is 416 g/mol. The predicted octanol–water partition coefficient (Wildman–Crippen LogP) is 3.23. The fourth-order valence-electron chi connectivity index (χ4n) is 2.95. The van der Waals surface area contributed by atoms with Gasteiger partial charge in [-0.05, 0) is 58.6 Å². The standard InChI is InChI=1S/C20H21BrN2O3/c21-18-4-2-1-3-17(18)20(26)22-15-7-5-14(6-8-15)13-19(25)23-11-9-16(24)10-12-23/h1-8,16,24H,9-13H2,(H,22,26). The van der Waals surface area contributed by atoms with Gasteiger partial charge in [0.05, 0.1) is 18.1 Å². The summed E-state index contributed by atoms with van der Waals surface area (Å²) in [7, 11) is 0. The minimum atomic E-state index is -0.286. The van der Waals surface area contributed by atoms with Gasteiger partial charge in [0.15, 0.2) is 0 Å². The predicted molar refractivity (Wildman–Crippen MR) is 104 cm³/mol. The first kappa shape index (κ1) is 18.6. The number of carbonyl (C=O) groups excluding carboxylic acids is 2. The van der Waals surface area contributed by atoms with Crippen LogP contribution in [0, 0.1) is 0 Å². The molecule has 0 aliphatic carbocycles. The number of amides is 2. The molecule has 0 spiro atoms. The summed E-state index contributed by atoms with van der Waals surface area (Å²) in [6, 6.07) is 14.6. The second-order valence-electron chi connectivity index (χ2n) is 6.42. The Balaban J connectivity index is 1.57. The summed E-state index contributed by atoms with van der Waals surface area (Å²) in [5.41, 5.74) is 2.15. The van der Waals surface area contributed by atoms with Gasteiger partial charge < -0.3 is 15.3 Å². The van der Waals surface area contributed by atoms with Crippen molar-refractivity contribution >= 4 is 33.4 Å². The summed E-state index contributed by atoms with van der Waals surface area (Å²) in [5.74, 6) is -0.116. The van der Waals surface area contributed by atoms with Crippen molar-refractivity contribution in [3.8, 4) is 0 Å². The van der Waals surface area contributed by atoms with E-state index < -0.39 is 0 Å². The third-order valence-corrected chi connectivity index (χ3v) is 5.19. The van der Waals surface area contributed by atoms with E-state index in [-0.39, 0.29) is 17.9 Å².